The topological polar surface area (TPSA) is 30.7 Å². The van der Waals surface area contributed by atoms with Crippen molar-refractivity contribution < 1.29 is 0 Å². The molecule has 16 heavy (non-hydrogen) atoms. The summed E-state index contributed by atoms with van der Waals surface area (Å²) in [7, 11) is 2.03. The summed E-state index contributed by atoms with van der Waals surface area (Å²) in [6, 6.07) is 4.11. The van der Waals surface area contributed by atoms with Crippen molar-refractivity contribution in [1.82, 2.24) is 14.8 Å². The third-order valence-corrected chi connectivity index (χ3v) is 4.63. The molecule has 0 aromatic carbocycles. The Kier molecular flexibility index (Phi) is 3.66. The van der Waals surface area contributed by atoms with Crippen molar-refractivity contribution in [2.24, 2.45) is 7.05 Å². The first-order valence-corrected chi connectivity index (χ1v) is 7.08. The molecule has 1 atom stereocenters. The Bertz CT molecular complexity index is 448. The molecular weight excluding hydrogens is 238 g/mol. The lowest BCUT2D eigenvalue weighted by Gasteiger charge is -2.07. The Balaban J connectivity index is 2.24. The van der Waals surface area contributed by atoms with Gasteiger partial charge >= 0.3 is 0 Å². The van der Waals surface area contributed by atoms with E-state index in [2.05, 4.69) is 40.1 Å². The van der Waals surface area contributed by atoms with E-state index in [1.807, 2.05) is 13.1 Å². The molecule has 0 saturated carbocycles. The molecule has 2 aromatic rings. The second-order valence-electron chi connectivity index (χ2n) is 3.68. The minimum absolute atomic E-state index is 0.582. The normalized spacial score (nSPS) is 12.9. The number of nitrogens with zero attached hydrogens (tertiary/aromatic N) is 3. The molecule has 0 N–H and O–H groups in total. The molecule has 86 valence electrons. The summed E-state index contributed by atoms with van der Waals surface area (Å²) in [5.41, 5.74) is 0. The van der Waals surface area contributed by atoms with Crippen LogP contribution in [-0.2, 0) is 7.05 Å². The number of rotatable bonds is 4. The van der Waals surface area contributed by atoms with Gasteiger partial charge in [0.25, 0.3) is 0 Å². The van der Waals surface area contributed by atoms with Crippen LogP contribution in [0.5, 0.6) is 0 Å². The van der Waals surface area contributed by atoms with E-state index in [1.54, 1.807) is 23.1 Å². The van der Waals surface area contributed by atoms with Gasteiger partial charge in [-0.1, -0.05) is 31.7 Å². The standard InChI is InChI=1S/C11H15N3S2/c1-4-8(2)16-11-13-12-10(14(11)3)9-6-5-7-15-9/h5-8H,4H2,1-3H3. The summed E-state index contributed by atoms with van der Waals surface area (Å²) >= 11 is 3.48. The first-order chi connectivity index (χ1) is 7.72. The largest absolute Gasteiger partial charge is 0.304 e. The van der Waals surface area contributed by atoms with Crippen molar-refractivity contribution in [1.29, 1.82) is 0 Å². The number of aromatic nitrogens is 3. The minimum atomic E-state index is 0.582. The molecule has 2 aromatic heterocycles. The SMILES string of the molecule is CCC(C)Sc1nnc(-c2cccs2)n1C. The molecule has 0 aliphatic carbocycles. The highest BCUT2D eigenvalue weighted by atomic mass is 32.2. The van der Waals surface area contributed by atoms with Crippen LogP contribution < -0.4 is 0 Å². The second-order valence-corrected chi connectivity index (χ2v) is 6.03. The molecular formula is C11H15N3S2. The van der Waals surface area contributed by atoms with Crippen LogP contribution in [0.3, 0.4) is 0 Å². The Morgan fingerprint density at radius 3 is 2.94 bits per heavy atom. The average Bonchev–Trinajstić information content (AvgIpc) is 2.89. The number of hydrogen-bond donors (Lipinski definition) is 0. The minimum Gasteiger partial charge on any atom is -0.304 e. The van der Waals surface area contributed by atoms with Crippen LogP contribution in [0.25, 0.3) is 10.7 Å². The molecule has 0 spiro atoms. The van der Waals surface area contributed by atoms with E-state index in [4.69, 9.17) is 0 Å². The summed E-state index contributed by atoms with van der Waals surface area (Å²) < 4.78 is 2.07. The fourth-order valence-corrected chi connectivity index (χ4v) is 2.90. The van der Waals surface area contributed by atoms with E-state index in [0.29, 0.717) is 5.25 Å². The summed E-state index contributed by atoms with van der Waals surface area (Å²) in [6.07, 6.45) is 1.14. The van der Waals surface area contributed by atoms with E-state index in [1.165, 1.54) is 4.88 Å². The van der Waals surface area contributed by atoms with Crippen LogP contribution in [0.1, 0.15) is 20.3 Å². The quantitative estimate of drug-likeness (QED) is 0.782. The molecule has 5 heteroatoms. The van der Waals surface area contributed by atoms with E-state index in [0.717, 1.165) is 17.4 Å². The highest BCUT2D eigenvalue weighted by molar-refractivity contribution is 7.99. The highest BCUT2D eigenvalue weighted by Gasteiger charge is 2.13. The predicted octanol–water partition coefficient (Wildman–Crippen LogP) is 3.43. The van der Waals surface area contributed by atoms with Crippen LogP contribution in [-0.4, -0.2) is 20.0 Å². The Labute approximate surface area is 104 Å². The molecule has 0 fully saturated rings. The van der Waals surface area contributed by atoms with E-state index in [-0.39, 0.29) is 0 Å². The lowest BCUT2D eigenvalue weighted by molar-refractivity contribution is 0.784. The van der Waals surface area contributed by atoms with Gasteiger partial charge < -0.3 is 4.57 Å². The zero-order chi connectivity index (χ0) is 11.5. The van der Waals surface area contributed by atoms with Gasteiger partial charge in [-0.15, -0.1) is 21.5 Å². The van der Waals surface area contributed by atoms with Crippen LogP contribution >= 0.6 is 23.1 Å². The Morgan fingerprint density at radius 1 is 1.50 bits per heavy atom. The van der Waals surface area contributed by atoms with Crippen molar-refractivity contribution in [2.45, 2.75) is 30.7 Å². The third kappa shape index (κ3) is 2.30. The highest BCUT2D eigenvalue weighted by Crippen LogP contribution is 2.28. The monoisotopic (exact) mass is 253 g/mol. The molecule has 3 nitrogen and oxygen atoms in total. The first-order valence-electron chi connectivity index (χ1n) is 5.32. The number of hydrogen-bond acceptors (Lipinski definition) is 4. The van der Waals surface area contributed by atoms with E-state index < -0.39 is 0 Å². The van der Waals surface area contributed by atoms with Crippen molar-refractivity contribution in [3.8, 4) is 10.7 Å². The summed E-state index contributed by atoms with van der Waals surface area (Å²) in [6.45, 7) is 4.40. The summed E-state index contributed by atoms with van der Waals surface area (Å²) in [5.74, 6) is 0.959. The maximum absolute atomic E-state index is 4.25. The number of thiophene rings is 1. The van der Waals surface area contributed by atoms with E-state index in [9.17, 15) is 0 Å². The first kappa shape index (κ1) is 11.7. The zero-order valence-electron chi connectivity index (χ0n) is 9.67. The molecule has 1 unspecified atom stereocenters. The molecule has 0 saturated heterocycles. The van der Waals surface area contributed by atoms with Crippen LogP contribution in [0.15, 0.2) is 22.7 Å². The Morgan fingerprint density at radius 2 is 2.31 bits per heavy atom. The molecule has 2 rings (SSSR count). The van der Waals surface area contributed by atoms with Gasteiger partial charge in [0.1, 0.15) is 0 Å². The number of thioether (sulfide) groups is 1. The van der Waals surface area contributed by atoms with Gasteiger partial charge in [-0.25, -0.2) is 0 Å². The van der Waals surface area contributed by atoms with Gasteiger partial charge in [-0.2, -0.15) is 0 Å². The summed E-state index contributed by atoms with van der Waals surface area (Å²) in [4.78, 5) is 1.17. The third-order valence-electron chi connectivity index (χ3n) is 2.46. The van der Waals surface area contributed by atoms with Crippen molar-refractivity contribution >= 4 is 23.1 Å². The molecule has 0 aliphatic heterocycles. The van der Waals surface area contributed by atoms with Gasteiger partial charge in [0.05, 0.1) is 4.88 Å². The van der Waals surface area contributed by atoms with Crippen molar-refractivity contribution in [2.75, 3.05) is 0 Å². The van der Waals surface area contributed by atoms with Crippen LogP contribution in [0, 0.1) is 0 Å². The van der Waals surface area contributed by atoms with Crippen molar-refractivity contribution in [3.05, 3.63) is 17.5 Å². The Hall–Kier alpha value is -0.810. The van der Waals surface area contributed by atoms with Crippen LogP contribution in [0.4, 0.5) is 0 Å². The lowest BCUT2D eigenvalue weighted by Crippen LogP contribution is -1.98. The zero-order valence-corrected chi connectivity index (χ0v) is 11.3. The van der Waals surface area contributed by atoms with Gasteiger partial charge in [0.15, 0.2) is 11.0 Å². The van der Waals surface area contributed by atoms with Gasteiger partial charge in [-0.05, 0) is 17.9 Å². The van der Waals surface area contributed by atoms with Gasteiger partial charge in [-0.3, -0.25) is 0 Å². The fourth-order valence-electron chi connectivity index (χ4n) is 1.30. The summed E-state index contributed by atoms with van der Waals surface area (Å²) in [5, 5.41) is 12.1. The van der Waals surface area contributed by atoms with E-state index >= 15 is 0 Å². The molecule has 0 amide bonds. The van der Waals surface area contributed by atoms with Crippen LogP contribution in [0.2, 0.25) is 0 Å². The molecule has 2 heterocycles. The molecule has 0 bridgehead atoms. The van der Waals surface area contributed by atoms with Crippen molar-refractivity contribution in [3.63, 3.8) is 0 Å². The lowest BCUT2D eigenvalue weighted by atomic mass is 10.4. The average molecular weight is 253 g/mol. The molecule has 0 aliphatic rings. The smallest absolute Gasteiger partial charge is 0.191 e. The molecule has 0 radical (unpaired) electrons. The maximum Gasteiger partial charge on any atom is 0.191 e. The fraction of sp³-hybridized carbons (Fsp3) is 0.455. The maximum atomic E-state index is 4.25. The van der Waals surface area contributed by atoms with Gasteiger partial charge in [0.2, 0.25) is 0 Å². The second kappa shape index (κ2) is 5.01. The predicted molar refractivity (Wildman–Crippen MR) is 69.9 cm³/mol. The van der Waals surface area contributed by atoms with Gasteiger partial charge in [0, 0.05) is 12.3 Å².